The van der Waals surface area contributed by atoms with Crippen molar-refractivity contribution in [1.29, 1.82) is 0 Å². The summed E-state index contributed by atoms with van der Waals surface area (Å²) in [5, 5.41) is 29.3. The van der Waals surface area contributed by atoms with Crippen LogP contribution in [0.4, 0.5) is 0 Å². The maximum absolute atomic E-state index is 11.6. The number of halogens is 1. The van der Waals surface area contributed by atoms with Crippen LogP contribution in [0.1, 0.15) is 59.5 Å². The maximum atomic E-state index is 11.6. The van der Waals surface area contributed by atoms with Gasteiger partial charge in [0, 0.05) is 22.8 Å². The molecule has 0 spiro atoms. The van der Waals surface area contributed by atoms with E-state index in [0.29, 0.717) is 17.7 Å². The maximum Gasteiger partial charge on any atom is 0.348 e. The molecule has 1 heterocycles. The molecular weight excluding hydrogens is 412 g/mol. The number of hydrogen-bond donors (Lipinski definition) is 3. The number of methoxy groups -OCH3 is 1. The van der Waals surface area contributed by atoms with Crippen molar-refractivity contribution >= 4 is 28.9 Å². The molecule has 1 aliphatic carbocycles. The fourth-order valence-electron chi connectivity index (χ4n) is 3.96. The molecule has 1 aliphatic rings. The zero-order valence-electron chi connectivity index (χ0n) is 17.0. The molecule has 0 unspecified atom stereocenters. The Hall–Kier alpha value is -0.920. The van der Waals surface area contributed by atoms with E-state index >= 15 is 0 Å². The monoisotopic (exact) mass is 444 g/mol. The number of ether oxygens (including phenoxy) is 1. The van der Waals surface area contributed by atoms with E-state index in [2.05, 4.69) is 0 Å². The second-order valence-corrected chi connectivity index (χ2v) is 9.46. The molecule has 1 aromatic rings. The van der Waals surface area contributed by atoms with E-state index < -0.39 is 12.2 Å². The van der Waals surface area contributed by atoms with Gasteiger partial charge in [-0.1, -0.05) is 25.0 Å². The lowest BCUT2D eigenvalue weighted by molar-refractivity contribution is 0.0606. The SMILES string of the molecule is COC(=O)c1ccc(CCC[C@@H]2[C@H](C=C[C@@H](O)CCCCCO)[C@H](O)C[C@@H]2Cl)s1. The van der Waals surface area contributed by atoms with Crippen LogP contribution in [0, 0.1) is 11.8 Å². The van der Waals surface area contributed by atoms with Gasteiger partial charge in [-0.3, -0.25) is 0 Å². The molecule has 1 aromatic heterocycles. The van der Waals surface area contributed by atoms with Gasteiger partial charge >= 0.3 is 5.97 Å². The van der Waals surface area contributed by atoms with Gasteiger partial charge in [0.15, 0.2) is 0 Å². The van der Waals surface area contributed by atoms with Crippen molar-refractivity contribution in [3.63, 3.8) is 0 Å². The van der Waals surface area contributed by atoms with Gasteiger partial charge in [0.05, 0.1) is 19.3 Å². The van der Waals surface area contributed by atoms with Crippen LogP contribution in [-0.2, 0) is 11.2 Å². The largest absolute Gasteiger partial charge is 0.465 e. The molecule has 164 valence electrons. The summed E-state index contributed by atoms with van der Waals surface area (Å²) in [6.45, 7) is 0.189. The number of carbonyl (C=O) groups is 1. The van der Waals surface area contributed by atoms with Gasteiger partial charge in [0.2, 0.25) is 0 Å². The van der Waals surface area contributed by atoms with E-state index in [-0.39, 0.29) is 29.8 Å². The highest BCUT2D eigenvalue weighted by Gasteiger charge is 2.39. The summed E-state index contributed by atoms with van der Waals surface area (Å²) in [5.41, 5.74) is 0. The van der Waals surface area contributed by atoms with Crippen LogP contribution in [0.3, 0.4) is 0 Å². The van der Waals surface area contributed by atoms with Crippen molar-refractivity contribution in [2.75, 3.05) is 13.7 Å². The van der Waals surface area contributed by atoms with Crippen LogP contribution in [0.2, 0.25) is 0 Å². The van der Waals surface area contributed by atoms with Crippen LogP contribution in [-0.4, -0.2) is 52.6 Å². The van der Waals surface area contributed by atoms with Crippen molar-refractivity contribution in [1.82, 2.24) is 0 Å². The van der Waals surface area contributed by atoms with Crippen molar-refractivity contribution in [2.24, 2.45) is 11.8 Å². The Kier molecular flexibility index (Phi) is 10.7. The Bertz CT molecular complexity index is 647. The Morgan fingerprint density at radius 2 is 2.14 bits per heavy atom. The van der Waals surface area contributed by atoms with E-state index in [1.165, 1.54) is 18.4 Å². The Labute approximate surface area is 182 Å². The fourth-order valence-corrected chi connectivity index (χ4v) is 5.41. The smallest absolute Gasteiger partial charge is 0.348 e. The first-order chi connectivity index (χ1) is 14.0. The van der Waals surface area contributed by atoms with Gasteiger partial charge in [-0.2, -0.15) is 0 Å². The minimum atomic E-state index is -0.529. The normalized spacial score (nSPS) is 25.6. The second-order valence-electron chi connectivity index (χ2n) is 7.74. The lowest BCUT2D eigenvalue weighted by Gasteiger charge is -2.21. The van der Waals surface area contributed by atoms with Gasteiger partial charge in [0.1, 0.15) is 4.88 Å². The first-order valence-electron chi connectivity index (χ1n) is 10.4. The lowest BCUT2D eigenvalue weighted by Crippen LogP contribution is -2.19. The molecule has 5 nitrogen and oxygen atoms in total. The van der Waals surface area contributed by atoms with E-state index in [0.717, 1.165) is 43.4 Å². The van der Waals surface area contributed by atoms with E-state index in [4.69, 9.17) is 21.4 Å². The molecule has 0 bridgehead atoms. The number of aliphatic hydroxyl groups is 3. The van der Waals surface area contributed by atoms with Gasteiger partial charge in [0.25, 0.3) is 0 Å². The number of aryl methyl sites for hydroxylation is 1. The number of unbranched alkanes of at least 4 members (excludes halogenated alkanes) is 2. The van der Waals surface area contributed by atoms with Crippen LogP contribution in [0.15, 0.2) is 24.3 Å². The fraction of sp³-hybridized carbons (Fsp3) is 0.682. The van der Waals surface area contributed by atoms with Crippen molar-refractivity contribution in [3.05, 3.63) is 34.0 Å². The average molecular weight is 445 g/mol. The van der Waals surface area contributed by atoms with Crippen molar-refractivity contribution in [2.45, 2.75) is 69.0 Å². The number of aliphatic hydroxyl groups excluding tert-OH is 3. The second kappa shape index (κ2) is 12.7. The zero-order chi connectivity index (χ0) is 21.2. The van der Waals surface area contributed by atoms with Gasteiger partial charge in [-0.15, -0.1) is 22.9 Å². The van der Waals surface area contributed by atoms with Crippen LogP contribution in [0.5, 0.6) is 0 Å². The third-order valence-electron chi connectivity index (χ3n) is 5.59. The molecule has 7 heteroatoms. The minimum absolute atomic E-state index is 0.0430. The molecule has 0 amide bonds. The van der Waals surface area contributed by atoms with E-state index in [9.17, 15) is 15.0 Å². The number of esters is 1. The number of rotatable bonds is 12. The topological polar surface area (TPSA) is 87.0 Å². The van der Waals surface area contributed by atoms with Gasteiger partial charge < -0.3 is 20.1 Å². The van der Waals surface area contributed by atoms with Crippen molar-refractivity contribution < 1.29 is 24.9 Å². The molecule has 5 atom stereocenters. The molecule has 1 saturated carbocycles. The zero-order valence-corrected chi connectivity index (χ0v) is 18.6. The first-order valence-corrected chi connectivity index (χ1v) is 11.7. The van der Waals surface area contributed by atoms with Crippen LogP contribution < -0.4 is 0 Å². The molecule has 0 aromatic carbocycles. The lowest BCUT2D eigenvalue weighted by atomic mass is 9.89. The van der Waals surface area contributed by atoms with Crippen molar-refractivity contribution in [3.8, 4) is 0 Å². The van der Waals surface area contributed by atoms with Crippen LogP contribution in [0.25, 0.3) is 0 Å². The standard InChI is InChI=1S/C22H33ClO5S/c1-28-22(27)21-12-10-16(29-21)7-5-8-17-18(20(26)14-19(17)23)11-9-15(25)6-3-2-4-13-24/h9-12,15,17-20,24-26H,2-8,13-14H2,1H3/t15-,17+,18-,19-,20+/m0/s1. The highest BCUT2D eigenvalue weighted by molar-refractivity contribution is 7.13. The summed E-state index contributed by atoms with van der Waals surface area (Å²) in [4.78, 5) is 13.3. The molecule has 0 saturated heterocycles. The molecule has 3 N–H and O–H groups in total. The van der Waals surface area contributed by atoms with E-state index in [1.54, 1.807) is 12.1 Å². The predicted octanol–water partition coefficient (Wildman–Crippen LogP) is 3.93. The summed E-state index contributed by atoms with van der Waals surface area (Å²) in [5.74, 6) is -0.177. The van der Waals surface area contributed by atoms with Gasteiger partial charge in [-0.05, 0) is 56.6 Å². The Balaban J connectivity index is 1.83. The summed E-state index contributed by atoms with van der Waals surface area (Å²) < 4.78 is 4.75. The Morgan fingerprint density at radius 1 is 1.34 bits per heavy atom. The van der Waals surface area contributed by atoms with Gasteiger partial charge in [-0.25, -0.2) is 4.79 Å². The van der Waals surface area contributed by atoms with E-state index in [1.807, 2.05) is 12.1 Å². The number of carbonyl (C=O) groups excluding carboxylic acids is 1. The third-order valence-corrected chi connectivity index (χ3v) is 7.22. The number of thiophene rings is 1. The minimum Gasteiger partial charge on any atom is -0.465 e. The summed E-state index contributed by atoms with van der Waals surface area (Å²) in [7, 11) is 1.38. The summed E-state index contributed by atoms with van der Waals surface area (Å²) >= 11 is 7.96. The molecule has 0 radical (unpaired) electrons. The highest BCUT2D eigenvalue weighted by Crippen LogP contribution is 2.40. The molecule has 1 fully saturated rings. The Morgan fingerprint density at radius 3 is 2.86 bits per heavy atom. The summed E-state index contributed by atoms with van der Waals surface area (Å²) in [6.07, 6.45) is 9.16. The highest BCUT2D eigenvalue weighted by atomic mass is 35.5. The molecule has 0 aliphatic heterocycles. The molecular formula is C22H33ClO5S. The molecule has 29 heavy (non-hydrogen) atoms. The predicted molar refractivity (Wildman–Crippen MR) is 117 cm³/mol. The average Bonchev–Trinajstić information content (AvgIpc) is 3.28. The summed E-state index contributed by atoms with van der Waals surface area (Å²) in [6, 6.07) is 3.76. The first kappa shape index (κ1) is 24.4. The third kappa shape index (κ3) is 7.68. The van der Waals surface area contributed by atoms with Crippen LogP contribution >= 0.6 is 22.9 Å². The number of hydrogen-bond acceptors (Lipinski definition) is 6. The number of alkyl halides is 1. The quantitative estimate of drug-likeness (QED) is 0.197. The molecule has 2 rings (SSSR count).